The Bertz CT molecular complexity index is 282. The Morgan fingerprint density at radius 1 is 1.24 bits per heavy atom. The fourth-order valence-corrected chi connectivity index (χ4v) is 2.21. The normalized spacial score (nSPS) is 13.5. The summed E-state index contributed by atoms with van der Waals surface area (Å²) in [5.41, 5.74) is 0. The Morgan fingerprint density at radius 2 is 2.00 bits per heavy atom. The van der Waals surface area contributed by atoms with Crippen molar-refractivity contribution < 1.29 is 4.74 Å². The van der Waals surface area contributed by atoms with Crippen molar-refractivity contribution >= 4 is 11.3 Å². The van der Waals surface area contributed by atoms with E-state index in [9.17, 15) is 0 Å². The molecule has 0 spiro atoms. The van der Waals surface area contributed by atoms with E-state index in [-0.39, 0.29) is 0 Å². The molecule has 0 aromatic carbocycles. The summed E-state index contributed by atoms with van der Waals surface area (Å²) in [6.07, 6.45) is 0.302. The molecule has 0 aliphatic rings. The Kier molecular flexibility index (Phi) is 6.78. The van der Waals surface area contributed by atoms with Crippen LogP contribution in [0.25, 0.3) is 0 Å². The second kappa shape index (κ2) is 7.85. The molecule has 1 aromatic heterocycles. The third kappa shape index (κ3) is 6.20. The predicted molar refractivity (Wildman–Crippen MR) is 75.4 cm³/mol. The fourth-order valence-electron chi connectivity index (χ4n) is 1.59. The van der Waals surface area contributed by atoms with Gasteiger partial charge in [0.1, 0.15) is 0 Å². The molecule has 0 amide bonds. The highest BCUT2D eigenvalue weighted by Crippen LogP contribution is 2.14. The lowest BCUT2D eigenvalue weighted by Gasteiger charge is -2.22. The predicted octanol–water partition coefficient (Wildman–Crippen LogP) is 3.53. The SMILES string of the molecule is CC(C)CNCC(OCc1cccs1)C(C)C. The van der Waals surface area contributed by atoms with Gasteiger partial charge in [-0.15, -0.1) is 11.3 Å². The van der Waals surface area contributed by atoms with Gasteiger partial charge in [-0.25, -0.2) is 0 Å². The molecule has 1 aromatic rings. The first kappa shape index (κ1) is 14.7. The number of thiophene rings is 1. The average Bonchev–Trinajstić information content (AvgIpc) is 2.74. The molecular weight excluding hydrogens is 230 g/mol. The molecule has 0 aliphatic carbocycles. The van der Waals surface area contributed by atoms with Crippen LogP contribution < -0.4 is 5.32 Å². The first-order valence-corrected chi connectivity index (χ1v) is 7.32. The van der Waals surface area contributed by atoms with Gasteiger partial charge in [0.05, 0.1) is 12.7 Å². The number of rotatable bonds is 8. The van der Waals surface area contributed by atoms with Crippen LogP contribution in [-0.4, -0.2) is 19.2 Å². The standard InChI is InChI=1S/C14H25NOS/c1-11(2)8-15-9-14(12(3)4)16-10-13-6-5-7-17-13/h5-7,11-12,14-15H,8-10H2,1-4H3. The Balaban J connectivity index is 2.28. The first-order chi connectivity index (χ1) is 8.09. The molecule has 17 heavy (non-hydrogen) atoms. The van der Waals surface area contributed by atoms with Gasteiger partial charge in [0, 0.05) is 11.4 Å². The molecule has 1 rings (SSSR count). The van der Waals surface area contributed by atoms with E-state index in [1.807, 2.05) is 0 Å². The Hall–Kier alpha value is -0.380. The summed E-state index contributed by atoms with van der Waals surface area (Å²) in [6, 6.07) is 4.20. The van der Waals surface area contributed by atoms with Crippen molar-refractivity contribution in [3.63, 3.8) is 0 Å². The molecule has 0 saturated carbocycles. The molecule has 0 radical (unpaired) electrons. The molecule has 0 fully saturated rings. The van der Waals surface area contributed by atoms with Crippen LogP contribution in [0.3, 0.4) is 0 Å². The topological polar surface area (TPSA) is 21.3 Å². The van der Waals surface area contributed by atoms with Crippen LogP contribution in [0.2, 0.25) is 0 Å². The van der Waals surface area contributed by atoms with E-state index in [0.717, 1.165) is 19.7 Å². The molecule has 98 valence electrons. The smallest absolute Gasteiger partial charge is 0.0813 e. The van der Waals surface area contributed by atoms with Crippen molar-refractivity contribution in [2.45, 2.75) is 40.4 Å². The number of ether oxygens (including phenoxy) is 1. The summed E-state index contributed by atoms with van der Waals surface area (Å²) < 4.78 is 5.98. The molecule has 0 aliphatic heterocycles. The highest BCUT2D eigenvalue weighted by Gasteiger charge is 2.14. The zero-order valence-electron chi connectivity index (χ0n) is 11.4. The molecule has 0 saturated heterocycles. The summed E-state index contributed by atoms with van der Waals surface area (Å²) in [5, 5.41) is 5.57. The number of nitrogens with one attached hydrogen (secondary N) is 1. The monoisotopic (exact) mass is 255 g/mol. The van der Waals surface area contributed by atoms with E-state index in [1.165, 1.54) is 4.88 Å². The third-order valence-corrected chi connectivity index (χ3v) is 3.51. The maximum atomic E-state index is 5.98. The summed E-state index contributed by atoms with van der Waals surface area (Å²) in [7, 11) is 0. The van der Waals surface area contributed by atoms with Gasteiger partial charge in [-0.1, -0.05) is 33.8 Å². The van der Waals surface area contributed by atoms with Gasteiger partial charge in [0.2, 0.25) is 0 Å². The van der Waals surface area contributed by atoms with Crippen LogP contribution in [-0.2, 0) is 11.3 Å². The minimum absolute atomic E-state index is 0.302. The summed E-state index contributed by atoms with van der Waals surface area (Å²) in [5.74, 6) is 1.25. The van der Waals surface area contributed by atoms with Crippen LogP contribution in [0.1, 0.15) is 32.6 Å². The van der Waals surface area contributed by atoms with E-state index in [1.54, 1.807) is 11.3 Å². The molecular formula is C14H25NOS. The number of hydrogen-bond acceptors (Lipinski definition) is 3. The number of hydrogen-bond donors (Lipinski definition) is 1. The van der Waals surface area contributed by atoms with Gasteiger partial charge in [0.15, 0.2) is 0 Å². The third-order valence-electron chi connectivity index (χ3n) is 2.66. The average molecular weight is 255 g/mol. The lowest BCUT2D eigenvalue weighted by molar-refractivity contribution is 0.0124. The molecule has 1 unspecified atom stereocenters. The van der Waals surface area contributed by atoms with Crippen molar-refractivity contribution in [1.82, 2.24) is 5.32 Å². The van der Waals surface area contributed by atoms with Gasteiger partial charge in [-0.2, -0.15) is 0 Å². The molecule has 1 atom stereocenters. The maximum absolute atomic E-state index is 5.98. The lowest BCUT2D eigenvalue weighted by atomic mass is 10.1. The van der Waals surface area contributed by atoms with E-state index < -0.39 is 0 Å². The lowest BCUT2D eigenvalue weighted by Crippen LogP contribution is -2.34. The zero-order valence-corrected chi connectivity index (χ0v) is 12.2. The van der Waals surface area contributed by atoms with Crippen molar-refractivity contribution in [3.8, 4) is 0 Å². The van der Waals surface area contributed by atoms with E-state index in [2.05, 4.69) is 50.5 Å². The molecule has 0 bridgehead atoms. The van der Waals surface area contributed by atoms with Crippen LogP contribution >= 0.6 is 11.3 Å². The molecule has 1 heterocycles. The first-order valence-electron chi connectivity index (χ1n) is 6.44. The molecule has 2 nitrogen and oxygen atoms in total. The van der Waals surface area contributed by atoms with E-state index in [4.69, 9.17) is 4.74 Å². The van der Waals surface area contributed by atoms with Crippen LogP contribution in [0.5, 0.6) is 0 Å². The van der Waals surface area contributed by atoms with Crippen LogP contribution in [0, 0.1) is 11.8 Å². The fraction of sp³-hybridized carbons (Fsp3) is 0.714. The van der Waals surface area contributed by atoms with Crippen molar-refractivity contribution in [1.29, 1.82) is 0 Å². The van der Waals surface area contributed by atoms with Gasteiger partial charge in [0.25, 0.3) is 0 Å². The van der Waals surface area contributed by atoms with Gasteiger partial charge >= 0.3 is 0 Å². The van der Waals surface area contributed by atoms with Crippen molar-refractivity contribution in [2.24, 2.45) is 11.8 Å². The second-order valence-corrected chi connectivity index (χ2v) is 6.26. The summed E-state index contributed by atoms with van der Waals surface area (Å²) in [6.45, 7) is 11.6. The highest BCUT2D eigenvalue weighted by atomic mass is 32.1. The van der Waals surface area contributed by atoms with Gasteiger partial charge in [-0.05, 0) is 29.8 Å². The molecule has 1 N–H and O–H groups in total. The maximum Gasteiger partial charge on any atom is 0.0813 e. The minimum atomic E-state index is 0.302. The van der Waals surface area contributed by atoms with Gasteiger partial charge < -0.3 is 10.1 Å². The van der Waals surface area contributed by atoms with Crippen LogP contribution in [0.15, 0.2) is 17.5 Å². The van der Waals surface area contributed by atoms with Gasteiger partial charge in [-0.3, -0.25) is 0 Å². The quantitative estimate of drug-likeness (QED) is 0.767. The minimum Gasteiger partial charge on any atom is -0.371 e. The second-order valence-electron chi connectivity index (χ2n) is 5.22. The summed E-state index contributed by atoms with van der Waals surface area (Å²) in [4.78, 5) is 1.31. The highest BCUT2D eigenvalue weighted by molar-refractivity contribution is 7.09. The Labute approximate surface area is 109 Å². The van der Waals surface area contributed by atoms with E-state index in [0.29, 0.717) is 17.9 Å². The Morgan fingerprint density at radius 3 is 2.53 bits per heavy atom. The zero-order chi connectivity index (χ0) is 12.7. The largest absolute Gasteiger partial charge is 0.371 e. The van der Waals surface area contributed by atoms with Crippen LogP contribution in [0.4, 0.5) is 0 Å². The molecule has 3 heteroatoms. The van der Waals surface area contributed by atoms with Crippen molar-refractivity contribution in [3.05, 3.63) is 22.4 Å². The van der Waals surface area contributed by atoms with Crippen molar-refractivity contribution in [2.75, 3.05) is 13.1 Å². The summed E-state index contributed by atoms with van der Waals surface area (Å²) >= 11 is 1.76. The van der Waals surface area contributed by atoms with E-state index >= 15 is 0 Å².